The molecule has 0 aliphatic rings. The first kappa shape index (κ1) is 11.7. The van der Waals surface area contributed by atoms with Crippen LogP contribution in [0.5, 0.6) is 0 Å². The molecule has 0 radical (unpaired) electrons. The Balaban J connectivity index is 2.42. The average Bonchev–Trinajstić information content (AvgIpc) is 2.34. The summed E-state index contributed by atoms with van der Waals surface area (Å²) in [6.07, 6.45) is 5.39. The van der Waals surface area contributed by atoms with E-state index in [9.17, 15) is 0 Å². The Morgan fingerprint density at radius 1 is 1.29 bits per heavy atom. The molecule has 0 fully saturated rings. The summed E-state index contributed by atoms with van der Waals surface area (Å²) in [5.41, 5.74) is 7.01. The molecule has 2 aromatic rings. The zero-order valence-electron chi connectivity index (χ0n) is 10.0. The minimum absolute atomic E-state index is 0.121. The maximum Gasteiger partial charge on any atom is 0.0898 e. The van der Waals surface area contributed by atoms with Crippen LogP contribution in [-0.2, 0) is 0 Å². The first-order valence-corrected chi connectivity index (χ1v) is 5.51. The highest BCUT2D eigenvalue weighted by Gasteiger charge is 2.15. The molecule has 0 aliphatic heterocycles. The van der Waals surface area contributed by atoms with E-state index in [0.29, 0.717) is 0 Å². The van der Waals surface area contributed by atoms with Gasteiger partial charge in [0.25, 0.3) is 0 Å². The zero-order chi connectivity index (χ0) is 12.3. The molecule has 2 heterocycles. The number of nitrogens with zero attached hydrogens (tertiary/aromatic N) is 2. The second kappa shape index (κ2) is 5.03. The van der Waals surface area contributed by atoms with Gasteiger partial charge in [-0.25, -0.2) is 5.43 Å². The molecular weight excluding hydrogens is 212 g/mol. The van der Waals surface area contributed by atoms with Crippen LogP contribution in [-0.4, -0.2) is 9.97 Å². The molecular formula is C13H16N4. The lowest BCUT2D eigenvalue weighted by molar-refractivity contribution is 0.614. The third-order valence-electron chi connectivity index (χ3n) is 2.71. The molecule has 0 bridgehead atoms. The normalized spacial score (nSPS) is 12.4. The number of hydrogen-bond acceptors (Lipinski definition) is 4. The Bertz CT molecular complexity index is 496. The second-order valence-corrected chi connectivity index (χ2v) is 4.10. The van der Waals surface area contributed by atoms with Gasteiger partial charge < -0.3 is 0 Å². The summed E-state index contributed by atoms with van der Waals surface area (Å²) in [6, 6.07) is 5.86. The lowest BCUT2D eigenvalue weighted by atomic mass is 10.0. The van der Waals surface area contributed by atoms with Gasteiger partial charge in [-0.2, -0.15) is 0 Å². The minimum atomic E-state index is -0.121. The van der Waals surface area contributed by atoms with Crippen LogP contribution >= 0.6 is 0 Å². The van der Waals surface area contributed by atoms with Crippen molar-refractivity contribution in [2.75, 3.05) is 0 Å². The highest BCUT2D eigenvalue weighted by atomic mass is 15.2. The third kappa shape index (κ3) is 2.49. The predicted molar refractivity (Wildman–Crippen MR) is 67.1 cm³/mol. The Kier molecular flexibility index (Phi) is 3.46. The topological polar surface area (TPSA) is 63.8 Å². The van der Waals surface area contributed by atoms with Gasteiger partial charge >= 0.3 is 0 Å². The van der Waals surface area contributed by atoms with E-state index in [2.05, 4.69) is 21.5 Å². The van der Waals surface area contributed by atoms with Gasteiger partial charge in [0, 0.05) is 18.6 Å². The van der Waals surface area contributed by atoms with Gasteiger partial charge in [-0.3, -0.25) is 15.8 Å². The summed E-state index contributed by atoms with van der Waals surface area (Å²) < 4.78 is 0. The van der Waals surface area contributed by atoms with Crippen molar-refractivity contribution < 1.29 is 0 Å². The first-order chi connectivity index (χ1) is 8.22. The summed E-state index contributed by atoms with van der Waals surface area (Å²) in [6.45, 7) is 4.06. The molecule has 0 aliphatic carbocycles. The fourth-order valence-corrected chi connectivity index (χ4v) is 1.91. The van der Waals surface area contributed by atoms with E-state index in [1.165, 1.54) is 0 Å². The maximum atomic E-state index is 5.63. The van der Waals surface area contributed by atoms with Gasteiger partial charge in [0.05, 0.1) is 11.7 Å². The van der Waals surface area contributed by atoms with Crippen molar-refractivity contribution in [1.82, 2.24) is 15.4 Å². The van der Waals surface area contributed by atoms with Gasteiger partial charge in [0.1, 0.15) is 0 Å². The van der Waals surface area contributed by atoms with Crippen molar-refractivity contribution in [1.29, 1.82) is 0 Å². The summed E-state index contributed by atoms with van der Waals surface area (Å²) >= 11 is 0. The highest BCUT2D eigenvalue weighted by molar-refractivity contribution is 5.32. The molecule has 2 aromatic heterocycles. The summed E-state index contributed by atoms with van der Waals surface area (Å²) in [5.74, 6) is 5.63. The first-order valence-electron chi connectivity index (χ1n) is 5.51. The van der Waals surface area contributed by atoms with E-state index in [1.807, 2.05) is 32.2 Å². The Hall–Kier alpha value is -1.78. The summed E-state index contributed by atoms with van der Waals surface area (Å²) in [4.78, 5) is 8.56. The van der Waals surface area contributed by atoms with E-state index in [-0.39, 0.29) is 6.04 Å². The molecule has 0 aromatic carbocycles. The Morgan fingerprint density at radius 3 is 2.71 bits per heavy atom. The molecule has 1 atom stereocenters. The van der Waals surface area contributed by atoms with Crippen molar-refractivity contribution in [3.8, 4) is 0 Å². The molecule has 0 spiro atoms. The van der Waals surface area contributed by atoms with Gasteiger partial charge in [-0.05, 0) is 36.6 Å². The Morgan fingerprint density at radius 2 is 2.12 bits per heavy atom. The van der Waals surface area contributed by atoms with E-state index >= 15 is 0 Å². The number of aromatic nitrogens is 2. The summed E-state index contributed by atoms with van der Waals surface area (Å²) in [7, 11) is 0. The lowest BCUT2D eigenvalue weighted by Crippen LogP contribution is -2.30. The number of hydrazine groups is 1. The fourth-order valence-electron chi connectivity index (χ4n) is 1.91. The van der Waals surface area contributed by atoms with Crippen LogP contribution < -0.4 is 11.3 Å². The molecule has 4 nitrogen and oxygen atoms in total. The average molecular weight is 228 g/mol. The van der Waals surface area contributed by atoms with Crippen molar-refractivity contribution in [3.63, 3.8) is 0 Å². The predicted octanol–water partition coefficient (Wildman–Crippen LogP) is 1.65. The van der Waals surface area contributed by atoms with E-state index in [4.69, 9.17) is 5.84 Å². The molecule has 4 heteroatoms. The van der Waals surface area contributed by atoms with Crippen LogP contribution in [0.1, 0.15) is 28.4 Å². The quantitative estimate of drug-likeness (QED) is 0.619. The van der Waals surface area contributed by atoms with E-state index < -0.39 is 0 Å². The summed E-state index contributed by atoms with van der Waals surface area (Å²) in [5, 5.41) is 0. The standard InChI is InChI=1S/C13H16N4/c1-9-6-10(2)12(16-7-9)13(17-14)11-4-3-5-15-8-11/h3-8,13,17H,14H2,1-2H3. The van der Waals surface area contributed by atoms with Crippen molar-refractivity contribution in [2.24, 2.45) is 5.84 Å². The third-order valence-corrected chi connectivity index (χ3v) is 2.71. The van der Waals surface area contributed by atoms with Crippen LogP contribution in [0.4, 0.5) is 0 Å². The molecule has 88 valence electrons. The van der Waals surface area contributed by atoms with Crippen LogP contribution in [0.2, 0.25) is 0 Å². The molecule has 0 saturated heterocycles. The fraction of sp³-hybridized carbons (Fsp3) is 0.231. The largest absolute Gasteiger partial charge is 0.271 e. The number of hydrogen-bond donors (Lipinski definition) is 2. The lowest BCUT2D eigenvalue weighted by Gasteiger charge is -2.17. The number of rotatable bonds is 3. The van der Waals surface area contributed by atoms with E-state index in [0.717, 1.165) is 22.4 Å². The molecule has 0 saturated carbocycles. The molecule has 1 unspecified atom stereocenters. The monoisotopic (exact) mass is 228 g/mol. The number of nitrogens with two attached hydrogens (primary N) is 1. The van der Waals surface area contributed by atoms with Gasteiger partial charge in [-0.1, -0.05) is 12.1 Å². The van der Waals surface area contributed by atoms with Crippen molar-refractivity contribution >= 4 is 0 Å². The smallest absolute Gasteiger partial charge is 0.0898 e. The number of aryl methyl sites for hydroxylation is 2. The SMILES string of the molecule is Cc1cnc(C(NN)c2cccnc2)c(C)c1. The van der Waals surface area contributed by atoms with Gasteiger partial charge in [0.15, 0.2) is 0 Å². The van der Waals surface area contributed by atoms with Crippen LogP contribution in [0.3, 0.4) is 0 Å². The molecule has 0 amide bonds. The van der Waals surface area contributed by atoms with Gasteiger partial charge in [-0.15, -0.1) is 0 Å². The molecule has 17 heavy (non-hydrogen) atoms. The van der Waals surface area contributed by atoms with Crippen LogP contribution in [0.15, 0.2) is 36.8 Å². The van der Waals surface area contributed by atoms with Crippen molar-refractivity contribution in [3.05, 3.63) is 59.2 Å². The number of nitrogens with one attached hydrogen (secondary N) is 1. The highest BCUT2D eigenvalue weighted by Crippen LogP contribution is 2.21. The van der Waals surface area contributed by atoms with Crippen LogP contribution in [0, 0.1) is 13.8 Å². The van der Waals surface area contributed by atoms with Crippen LogP contribution in [0.25, 0.3) is 0 Å². The zero-order valence-corrected chi connectivity index (χ0v) is 10.0. The van der Waals surface area contributed by atoms with Gasteiger partial charge in [0.2, 0.25) is 0 Å². The molecule has 2 rings (SSSR count). The van der Waals surface area contributed by atoms with Crippen molar-refractivity contribution in [2.45, 2.75) is 19.9 Å². The second-order valence-electron chi connectivity index (χ2n) is 4.10. The maximum absolute atomic E-state index is 5.63. The number of pyridine rings is 2. The van der Waals surface area contributed by atoms with E-state index in [1.54, 1.807) is 12.4 Å². The minimum Gasteiger partial charge on any atom is -0.271 e. The Labute approximate surface area is 101 Å². The molecule has 3 N–H and O–H groups in total.